The van der Waals surface area contributed by atoms with E-state index in [1.807, 2.05) is 32.9 Å². The van der Waals surface area contributed by atoms with Gasteiger partial charge in [0.25, 0.3) is 0 Å². The van der Waals surface area contributed by atoms with Crippen molar-refractivity contribution >= 4 is 17.0 Å². The first-order valence-electron chi connectivity index (χ1n) is 7.81. The number of ether oxygens (including phenoxy) is 1. The van der Waals surface area contributed by atoms with E-state index in [2.05, 4.69) is 4.72 Å². The van der Waals surface area contributed by atoms with Crippen molar-refractivity contribution in [3.05, 3.63) is 34.9 Å². The molecule has 2 rings (SSSR count). The smallest absolute Gasteiger partial charge is 0.338 e. The van der Waals surface area contributed by atoms with Crippen LogP contribution in [0.1, 0.15) is 68.1 Å². The second kappa shape index (κ2) is 6.92. The molecule has 0 bridgehead atoms. The summed E-state index contributed by atoms with van der Waals surface area (Å²) in [7, 11) is -1.10. The molecule has 2 atom stereocenters. The average Bonchev–Trinajstić information content (AvgIpc) is 2.46. The summed E-state index contributed by atoms with van der Waals surface area (Å²) in [5.41, 5.74) is 2.90. The fourth-order valence-corrected chi connectivity index (χ4v) is 3.44. The van der Waals surface area contributed by atoms with Gasteiger partial charge in [0.05, 0.1) is 27.9 Å². The first-order valence-corrected chi connectivity index (χ1v) is 8.96. The highest BCUT2D eigenvalue weighted by atomic mass is 32.2. The molecule has 0 spiro atoms. The molecule has 0 radical (unpaired) electrons. The summed E-state index contributed by atoms with van der Waals surface area (Å²) < 4.78 is 20.3. The molecule has 5 heteroatoms. The molecule has 4 nitrogen and oxygen atoms in total. The molecule has 0 aliphatic heterocycles. The third-order valence-electron chi connectivity index (χ3n) is 3.77. The van der Waals surface area contributed by atoms with Crippen LogP contribution in [0.2, 0.25) is 0 Å². The van der Waals surface area contributed by atoms with Gasteiger partial charge in [-0.2, -0.15) is 0 Å². The summed E-state index contributed by atoms with van der Waals surface area (Å²) in [5, 5.41) is 0. The fraction of sp³-hybridized carbons (Fsp3) is 0.588. The Hall–Kier alpha value is -1.20. The number of esters is 1. The Balaban J connectivity index is 2.21. The van der Waals surface area contributed by atoms with Crippen molar-refractivity contribution < 1.29 is 13.7 Å². The molecule has 0 fully saturated rings. The van der Waals surface area contributed by atoms with Crippen molar-refractivity contribution in [2.24, 2.45) is 0 Å². The summed E-state index contributed by atoms with van der Waals surface area (Å²) in [4.78, 5) is 11.8. The van der Waals surface area contributed by atoms with E-state index in [-0.39, 0.29) is 16.8 Å². The molecule has 1 aliphatic carbocycles. The molecular weight excluding hydrogens is 298 g/mol. The molecule has 0 unspecified atom stereocenters. The van der Waals surface area contributed by atoms with E-state index in [9.17, 15) is 9.00 Å². The molecule has 1 aromatic carbocycles. The first-order chi connectivity index (χ1) is 10.3. The van der Waals surface area contributed by atoms with Gasteiger partial charge in [0, 0.05) is 6.04 Å². The Kier molecular flexibility index (Phi) is 5.40. The van der Waals surface area contributed by atoms with Crippen molar-refractivity contribution in [2.45, 2.75) is 57.7 Å². The summed E-state index contributed by atoms with van der Waals surface area (Å²) >= 11 is 0. The van der Waals surface area contributed by atoms with Gasteiger partial charge in [-0.05, 0) is 70.2 Å². The Morgan fingerprint density at radius 1 is 1.41 bits per heavy atom. The van der Waals surface area contributed by atoms with Crippen LogP contribution < -0.4 is 4.72 Å². The summed E-state index contributed by atoms with van der Waals surface area (Å²) in [6.07, 6.45) is 2.94. The van der Waals surface area contributed by atoms with Gasteiger partial charge >= 0.3 is 5.97 Å². The van der Waals surface area contributed by atoms with Gasteiger partial charge in [0.1, 0.15) is 0 Å². The maximum absolute atomic E-state index is 12.3. The number of carbonyl (C=O) groups is 1. The maximum atomic E-state index is 12.3. The topological polar surface area (TPSA) is 55.4 Å². The van der Waals surface area contributed by atoms with Gasteiger partial charge in [-0.15, -0.1) is 0 Å². The highest BCUT2D eigenvalue weighted by Gasteiger charge is 2.27. The number of hydrogen-bond donors (Lipinski definition) is 1. The number of carbonyl (C=O) groups excluding carboxylic acids is 1. The molecule has 0 saturated carbocycles. The van der Waals surface area contributed by atoms with E-state index >= 15 is 0 Å². The zero-order valence-electron chi connectivity index (χ0n) is 13.8. The van der Waals surface area contributed by atoms with Crippen LogP contribution in [0, 0.1) is 0 Å². The molecule has 0 heterocycles. The Morgan fingerprint density at radius 3 is 2.77 bits per heavy atom. The molecule has 122 valence electrons. The lowest BCUT2D eigenvalue weighted by atomic mass is 9.87. The minimum absolute atomic E-state index is 0.0834. The lowest BCUT2D eigenvalue weighted by Crippen LogP contribution is -2.37. The lowest BCUT2D eigenvalue weighted by Gasteiger charge is -2.29. The van der Waals surface area contributed by atoms with E-state index in [1.165, 1.54) is 0 Å². The van der Waals surface area contributed by atoms with E-state index < -0.39 is 11.0 Å². The number of fused-ring (bicyclic) bond motifs is 1. The Labute approximate surface area is 135 Å². The molecule has 0 amide bonds. The monoisotopic (exact) mass is 323 g/mol. The van der Waals surface area contributed by atoms with Crippen molar-refractivity contribution in [2.75, 3.05) is 6.61 Å². The minimum Gasteiger partial charge on any atom is -0.462 e. The van der Waals surface area contributed by atoms with Crippen molar-refractivity contribution in [3.8, 4) is 0 Å². The van der Waals surface area contributed by atoms with Crippen LogP contribution in [0.4, 0.5) is 0 Å². The van der Waals surface area contributed by atoms with E-state index in [0.717, 1.165) is 30.4 Å². The van der Waals surface area contributed by atoms with Gasteiger partial charge in [-0.1, -0.05) is 6.07 Å². The number of nitrogens with one attached hydrogen (secondary N) is 1. The third kappa shape index (κ3) is 3.96. The number of hydrogen-bond acceptors (Lipinski definition) is 3. The molecule has 1 N–H and O–H groups in total. The maximum Gasteiger partial charge on any atom is 0.338 e. The summed E-state index contributed by atoms with van der Waals surface area (Å²) in [6.45, 7) is 8.07. The second-order valence-corrected chi connectivity index (χ2v) is 8.58. The van der Waals surface area contributed by atoms with Gasteiger partial charge < -0.3 is 4.74 Å². The van der Waals surface area contributed by atoms with Gasteiger partial charge in [0.15, 0.2) is 0 Å². The van der Waals surface area contributed by atoms with E-state index in [0.29, 0.717) is 12.2 Å². The highest BCUT2D eigenvalue weighted by molar-refractivity contribution is 7.84. The van der Waals surface area contributed by atoms with Crippen molar-refractivity contribution in [1.82, 2.24) is 4.72 Å². The number of rotatable bonds is 4. The normalized spacial score (nSPS) is 19.4. The molecule has 0 saturated heterocycles. The second-order valence-electron chi connectivity index (χ2n) is 6.58. The highest BCUT2D eigenvalue weighted by Crippen LogP contribution is 2.31. The predicted octanol–water partition coefficient (Wildman–Crippen LogP) is 3.29. The van der Waals surface area contributed by atoms with Gasteiger partial charge in [0.2, 0.25) is 0 Å². The molecule has 22 heavy (non-hydrogen) atoms. The third-order valence-corrected chi connectivity index (χ3v) is 5.38. The van der Waals surface area contributed by atoms with E-state index in [4.69, 9.17) is 4.74 Å². The quantitative estimate of drug-likeness (QED) is 0.865. The number of aryl methyl sites for hydroxylation is 1. The van der Waals surface area contributed by atoms with Crippen molar-refractivity contribution in [3.63, 3.8) is 0 Å². The number of benzene rings is 1. The van der Waals surface area contributed by atoms with Crippen molar-refractivity contribution in [1.29, 1.82) is 0 Å². The van der Waals surface area contributed by atoms with Crippen LogP contribution in [0.15, 0.2) is 18.2 Å². The average molecular weight is 323 g/mol. The molecule has 1 aliphatic rings. The standard InChI is InChI=1S/C17H25NO3S/c1-5-21-16(19)13-9-10-14-12(11-13)7-6-8-15(14)18-22(20)17(2,3)4/h9-11,15,18H,5-8H2,1-4H3/t15-,22-/m1/s1. The van der Waals surface area contributed by atoms with Crippen LogP contribution in [-0.2, 0) is 22.1 Å². The molecule has 0 aromatic heterocycles. The van der Waals surface area contributed by atoms with Crippen LogP contribution in [0.3, 0.4) is 0 Å². The molecular formula is C17H25NO3S. The molecule has 1 aromatic rings. The van der Waals surface area contributed by atoms with Crippen LogP contribution in [0.5, 0.6) is 0 Å². The summed E-state index contributed by atoms with van der Waals surface area (Å²) in [6, 6.07) is 5.77. The summed E-state index contributed by atoms with van der Waals surface area (Å²) in [5.74, 6) is -0.279. The van der Waals surface area contributed by atoms with Crippen LogP contribution >= 0.6 is 0 Å². The first kappa shape index (κ1) is 17.2. The van der Waals surface area contributed by atoms with Crippen LogP contribution in [0.25, 0.3) is 0 Å². The van der Waals surface area contributed by atoms with E-state index in [1.54, 1.807) is 13.0 Å². The minimum atomic E-state index is -1.10. The zero-order chi connectivity index (χ0) is 16.3. The lowest BCUT2D eigenvalue weighted by molar-refractivity contribution is 0.0526. The van der Waals surface area contributed by atoms with Gasteiger partial charge in [-0.25, -0.2) is 13.7 Å². The predicted molar refractivity (Wildman–Crippen MR) is 89.1 cm³/mol. The Bertz CT molecular complexity index is 578. The van der Waals surface area contributed by atoms with Gasteiger partial charge in [-0.3, -0.25) is 0 Å². The largest absolute Gasteiger partial charge is 0.462 e. The zero-order valence-corrected chi connectivity index (χ0v) is 14.6. The fourth-order valence-electron chi connectivity index (χ4n) is 2.58. The van der Waals surface area contributed by atoms with Crippen LogP contribution in [-0.4, -0.2) is 21.5 Å². The Morgan fingerprint density at radius 2 is 2.14 bits per heavy atom. The SMILES string of the molecule is CCOC(=O)c1ccc2c(c1)CCC[C@H]2N[S@](=O)C(C)(C)C.